The van der Waals surface area contributed by atoms with Crippen LogP contribution in [0.1, 0.15) is 23.7 Å². The Morgan fingerprint density at radius 1 is 1.12 bits per heavy atom. The monoisotopic (exact) mass is 378 g/mol. The normalized spacial score (nSPS) is 23.7. The maximum atomic E-state index is 12.8. The molecule has 2 aliphatic rings. The van der Waals surface area contributed by atoms with Crippen LogP contribution in [-0.2, 0) is 11.3 Å². The molecule has 2 aromatic rings. The average molecular weight is 379 g/mol. The summed E-state index contributed by atoms with van der Waals surface area (Å²) < 4.78 is 5.40. The van der Waals surface area contributed by atoms with Crippen molar-refractivity contribution in [2.75, 3.05) is 26.2 Å². The van der Waals surface area contributed by atoms with Gasteiger partial charge in [0.25, 0.3) is 0 Å². The second kappa shape index (κ2) is 7.02. The molecule has 6 heteroatoms. The molecular weight excluding hydrogens is 359 g/mol. The first kappa shape index (κ1) is 17.0. The van der Waals surface area contributed by atoms with Gasteiger partial charge in [-0.05, 0) is 36.1 Å². The van der Waals surface area contributed by atoms with Crippen LogP contribution in [0.4, 0.5) is 0 Å². The van der Waals surface area contributed by atoms with Crippen LogP contribution in [0.5, 0.6) is 0 Å². The van der Waals surface area contributed by atoms with Crippen molar-refractivity contribution in [1.29, 1.82) is 0 Å². The fraction of sp³-hybridized carbons (Fsp3) is 0.421. The molecule has 2 fully saturated rings. The lowest BCUT2D eigenvalue weighted by Crippen LogP contribution is -2.48. The van der Waals surface area contributed by atoms with Gasteiger partial charge in [-0.25, -0.2) is 0 Å². The summed E-state index contributed by atoms with van der Waals surface area (Å²) in [6.45, 7) is 4.10. The van der Waals surface area contributed by atoms with E-state index in [1.807, 2.05) is 29.2 Å². The van der Waals surface area contributed by atoms with E-state index in [-0.39, 0.29) is 17.7 Å². The number of carbonyl (C=O) groups excluding carboxylic acids is 1. The quantitative estimate of drug-likeness (QED) is 0.805. The SMILES string of the molecule is O=C(C1CC1c1cccc(Cl)c1Cl)N1CCN(Cc2ccco2)CC1. The molecule has 0 spiro atoms. The summed E-state index contributed by atoms with van der Waals surface area (Å²) in [6, 6.07) is 9.56. The number of hydrogen-bond donors (Lipinski definition) is 0. The summed E-state index contributed by atoms with van der Waals surface area (Å²) in [7, 11) is 0. The van der Waals surface area contributed by atoms with Crippen molar-refractivity contribution in [2.24, 2.45) is 5.92 Å². The lowest BCUT2D eigenvalue weighted by Gasteiger charge is -2.34. The molecule has 1 aromatic carbocycles. The number of rotatable bonds is 4. The van der Waals surface area contributed by atoms with Crippen LogP contribution in [0.15, 0.2) is 41.0 Å². The predicted molar refractivity (Wildman–Crippen MR) is 97.9 cm³/mol. The number of carbonyl (C=O) groups is 1. The zero-order valence-corrected chi connectivity index (χ0v) is 15.3. The zero-order valence-electron chi connectivity index (χ0n) is 13.8. The molecule has 1 saturated carbocycles. The molecule has 2 atom stereocenters. The van der Waals surface area contributed by atoms with Gasteiger partial charge in [-0.15, -0.1) is 0 Å². The first-order chi connectivity index (χ1) is 12.1. The highest BCUT2D eigenvalue weighted by molar-refractivity contribution is 6.42. The summed E-state index contributed by atoms with van der Waals surface area (Å²) in [4.78, 5) is 17.1. The van der Waals surface area contributed by atoms with E-state index in [1.165, 1.54) is 0 Å². The standard InChI is InChI=1S/C19H20Cl2N2O2/c20-17-5-1-4-14(18(17)21)15-11-16(15)19(24)23-8-6-22(7-9-23)12-13-3-2-10-25-13/h1-5,10,15-16H,6-9,11-12H2. The van der Waals surface area contributed by atoms with Gasteiger partial charge in [-0.1, -0.05) is 35.3 Å². The van der Waals surface area contributed by atoms with Crippen LogP contribution in [0.3, 0.4) is 0 Å². The number of hydrogen-bond acceptors (Lipinski definition) is 3. The molecule has 25 heavy (non-hydrogen) atoms. The van der Waals surface area contributed by atoms with Gasteiger partial charge in [0, 0.05) is 32.1 Å². The summed E-state index contributed by atoms with van der Waals surface area (Å²) >= 11 is 12.4. The molecule has 132 valence electrons. The maximum Gasteiger partial charge on any atom is 0.226 e. The molecule has 0 N–H and O–H groups in total. The number of halogens is 2. The van der Waals surface area contributed by atoms with Gasteiger partial charge in [0.05, 0.1) is 22.9 Å². The van der Waals surface area contributed by atoms with E-state index in [9.17, 15) is 4.79 Å². The van der Waals surface area contributed by atoms with E-state index >= 15 is 0 Å². The highest BCUT2D eigenvalue weighted by Gasteiger charge is 2.47. The Kier molecular flexibility index (Phi) is 4.76. The first-order valence-electron chi connectivity index (χ1n) is 8.61. The lowest BCUT2D eigenvalue weighted by atomic mass is 10.1. The van der Waals surface area contributed by atoms with Crippen LogP contribution < -0.4 is 0 Å². The molecule has 4 rings (SSSR count). The van der Waals surface area contributed by atoms with Gasteiger partial charge in [-0.3, -0.25) is 9.69 Å². The number of benzene rings is 1. The minimum absolute atomic E-state index is 0.0487. The Bertz CT molecular complexity index is 755. The highest BCUT2D eigenvalue weighted by atomic mass is 35.5. The average Bonchev–Trinajstić information content (AvgIpc) is 3.25. The minimum atomic E-state index is 0.0487. The molecule has 0 radical (unpaired) electrons. The van der Waals surface area contributed by atoms with E-state index in [1.54, 1.807) is 12.3 Å². The minimum Gasteiger partial charge on any atom is -0.468 e. The topological polar surface area (TPSA) is 36.7 Å². The van der Waals surface area contributed by atoms with E-state index in [0.717, 1.165) is 50.5 Å². The van der Waals surface area contributed by atoms with Crippen LogP contribution in [0, 0.1) is 5.92 Å². The maximum absolute atomic E-state index is 12.8. The number of piperazine rings is 1. The molecule has 1 amide bonds. The van der Waals surface area contributed by atoms with Crippen molar-refractivity contribution in [3.8, 4) is 0 Å². The summed E-state index contributed by atoms with van der Waals surface area (Å²) in [5, 5.41) is 1.15. The van der Waals surface area contributed by atoms with E-state index in [0.29, 0.717) is 10.0 Å². The number of amides is 1. The highest BCUT2D eigenvalue weighted by Crippen LogP contribution is 2.51. The van der Waals surface area contributed by atoms with Gasteiger partial charge in [0.2, 0.25) is 5.91 Å². The van der Waals surface area contributed by atoms with Crippen LogP contribution in [0.2, 0.25) is 10.0 Å². The summed E-state index contributed by atoms with van der Waals surface area (Å²) in [5.41, 5.74) is 1.00. The Morgan fingerprint density at radius 3 is 2.64 bits per heavy atom. The molecule has 1 saturated heterocycles. The van der Waals surface area contributed by atoms with E-state index < -0.39 is 0 Å². The Labute approximate surface area is 157 Å². The van der Waals surface area contributed by atoms with E-state index in [2.05, 4.69) is 4.90 Å². The lowest BCUT2D eigenvalue weighted by molar-refractivity contribution is -0.134. The molecule has 0 bridgehead atoms. The molecule has 1 aliphatic heterocycles. The third kappa shape index (κ3) is 3.57. The molecule has 1 aromatic heterocycles. The zero-order chi connectivity index (χ0) is 17.4. The number of nitrogens with zero attached hydrogens (tertiary/aromatic N) is 2. The van der Waals surface area contributed by atoms with Crippen LogP contribution >= 0.6 is 23.2 Å². The summed E-state index contributed by atoms with van der Waals surface area (Å²) in [5.74, 6) is 1.48. The van der Waals surface area contributed by atoms with Crippen molar-refractivity contribution < 1.29 is 9.21 Å². The van der Waals surface area contributed by atoms with Gasteiger partial charge in [-0.2, -0.15) is 0 Å². The van der Waals surface area contributed by atoms with Crippen molar-refractivity contribution >= 4 is 29.1 Å². The third-order valence-electron chi connectivity index (χ3n) is 5.13. The van der Waals surface area contributed by atoms with Crippen LogP contribution in [0.25, 0.3) is 0 Å². The molecule has 2 unspecified atom stereocenters. The molecule has 1 aliphatic carbocycles. The van der Waals surface area contributed by atoms with Crippen molar-refractivity contribution in [1.82, 2.24) is 9.80 Å². The fourth-order valence-corrected chi connectivity index (χ4v) is 4.05. The molecular formula is C19H20Cl2N2O2. The number of furan rings is 1. The third-order valence-corrected chi connectivity index (χ3v) is 5.97. The van der Waals surface area contributed by atoms with E-state index in [4.69, 9.17) is 27.6 Å². The van der Waals surface area contributed by atoms with Crippen molar-refractivity contribution in [3.05, 3.63) is 58.0 Å². The van der Waals surface area contributed by atoms with Gasteiger partial charge >= 0.3 is 0 Å². The largest absolute Gasteiger partial charge is 0.468 e. The van der Waals surface area contributed by atoms with Crippen molar-refractivity contribution in [3.63, 3.8) is 0 Å². The molecule has 4 nitrogen and oxygen atoms in total. The summed E-state index contributed by atoms with van der Waals surface area (Å²) in [6.07, 6.45) is 2.56. The van der Waals surface area contributed by atoms with Gasteiger partial charge < -0.3 is 9.32 Å². The Morgan fingerprint density at radius 2 is 1.92 bits per heavy atom. The smallest absolute Gasteiger partial charge is 0.226 e. The second-order valence-corrected chi connectivity index (χ2v) is 7.56. The predicted octanol–water partition coefficient (Wildman–Crippen LogP) is 4.03. The fourth-order valence-electron chi connectivity index (χ4n) is 3.60. The van der Waals surface area contributed by atoms with Gasteiger partial charge in [0.15, 0.2) is 0 Å². The van der Waals surface area contributed by atoms with Gasteiger partial charge in [0.1, 0.15) is 5.76 Å². The Balaban J connectivity index is 1.32. The Hall–Kier alpha value is -1.49. The van der Waals surface area contributed by atoms with Crippen molar-refractivity contribution in [2.45, 2.75) is 18.9 Å². The second-order valence-electron chi connectivity index (χ2n) is 6.77. The molecule has 2 heterocycles. The first-order valence-corrected chi connectivity index (χ1v) is 9.36. The van der Waals surface area contributed by atoms with Crippen LogP contribution in [-0.4, -0.2) is 41.9 Å².